The van der Waals surface area contributed by atoms with Crippen LogP contribution in [0.2, 0.25) is 0 Å². The van der Waals surface area contributed by atoms with Gasteiger partial charge in [-0.05, 0) is 43.4 Å². The number of unbranched alkanes of at least 4 members (excludes halogenated alkanes) is 1. The highest BCUT2D eigenvalue weighted by molar-refractivity contribution is 5.15. The average molecular weight is 293 g/mol. The molecule has 0 radical (unpaired) electrons. The summed E-state index contributed by atoms with van der Waals surface area (Å²) in [6, 6.07) is 2.85. The molecule has 0 bridgehead atoms. The lowest BCUT2D eigenvalue weighted by Crippen LogP contribution is -2.21. The molecule has 0 saturated heterocycles. The zero-order valence-electron chi connectivity index (χ0n) is 14.7. The van der Waals surface area contributed by atoms with Crippen LogP contribution >= 0.6 is 0 Å². The molecule has 1 aromatic rings. The van der Waals surface area contributed by atoms with Crippen LogP contribution in [0.15, 0.2) is 18.5 Å². The van der Waals surface area contributed by atoms with E-state index in [9.17, 15) is 0 Å². The third-order valence-corrected chi connectivity index (χ3v) is 4.41. The quantitative estimate of drug-likeness (QED) is 0.535. The monoisotopic (exact) mass is 292 g/mol. The topological polar surface area (TPSA) is 17.0 Å². The first-order valence-corrected chi connectivity index (χ1v) is 9.14. The van der Waals surface area contributed by atoms with E-state index in [2.05, 4.69) is 56.0 Å². The van der Waals surface area contributed by atoms with Crippen molar-refractivity contribution in [1.29, 1.82) is 0 Å². The lowest BCUT2D eigenvalue weighted by molar-refractivity contribution is 0.390. The second kappa shape index (κ2) is 10.9. The fourth-order valence-corrected chi connectivity index (χ4v) is 2.99. The summed E-state index contributed by atoms with van der Waals surface area (Å²) >= 11 is 0. The molecule has 122 valence electrons. The predicted molar refractivity (Wildman–Crippen MR) is 93.7 cm³/mol. The van der Waals surface area contributed by atoms with E-state index in [1.807, 2.05) is 0 Å². The number of nitrogens with zero attached hydrogens (tertiary/aromatic N) is 1. The van der Waals surface area contributed by atoms with E-state index < -0.39 is 0 Å². The van der Waals surface area contributed by atoms with Crippen molar-refractivity contribution in [3.05, 3.63) is 24.0 Å². The first-order chi connectivity index (χ1) is 10.2. The van der Waals surface area contributed by atoms with E-state index in [4.69, 9.17) is 0 Å². The van der Waals surface area contributed by atoms with Gasteiger partial charge in [-0.3, -0.25) is 0 Å². The van der Waals surface area contributed by atoms with Crippen molar-refractivity contribution in [2.75, 3.05) is 6.54 Å². The maximum Gasteiger partial charge on any atom is 0.0335 e. The SMILES string of the molecule is CCCCC(CC)Cn1ccc(C(CCC)NCCC)c1. The minimum atomic E-state index is 0.534. The summed E-state index contributed by atoms with van der Waals surface area (Å²) in [5.41, 5.74) is 1.47. The molecule has 0 amide bonds. The van der Waals surface area contributed by atoms with Gasteiger partial charge in [0.2, 0.25) is 0 Å². The molecule has 2 heteroatoms. The van der Waals surface area contributed by atoms with Crippen molar-refractivity contribution >= 4 is 0 Å². The molecule has 0 saturated carbocycles. The van der Waals surface area contributed by atoms with Gasteiger partial charge in [0, 0.05) is 25.0 Å². The minimum Gasteiger partial charge on any atom is -0.354 e. The fraction of sp³-hybridized carbons (Fsp3) is 0.789. The van der Waals surface area contributed by atoms with Gasteiger partial charge in [-0.1, -0.05) is 53.4 Å². The molecule has 2 atom stereocenters. The van der Waals surface area contributed by atoms with Crippen LogP contribution in [-0.2, 0) is 6.54 Å². The first-order valence-electron chi connectivity index (χ1n) is 9.14. The third-order valence-electron chi connectivity index (χ3n) is 4.41. The highest BCUT2D eigenvalue weighted by Crippen LogP contribution is 2.21. The largest absolute Gasteiger partial charge is 0.354 e. The van der Waals surface area contributed by atoms with Gasteiger partial charge in [0.15, 0.2) is 0 Å². The molecule has 1 aromatic heterocycles. The Kier molecular flexibility index (Phi) is 9.49. The summed E-state index contributed by atoms with van der Waals surface area (Å²) in [6.07, 6.45) is 13.7. The summed E-state index contributed by atoms with van der Waals surface area (Å²) < 4.78 is 2.41. The average Bonchev–Trinajstić information content (AvgIpc) is 2.96. The Morgan fingerprint density at radius 3 is 2.48 bits per heavy atom. The van der Waals surface area contributed by atoms with E-state index in [0.29, 0.717) is 6.04 Å². The molecule has 0 spiro atoms. The van der Waals surface area contributed by atoms with E-state index in [1.165, 1.54) is 57.1 Å². The van der Waals surface area contributed by atoms with E-state index in [0.717, 1.165) is 12.5 Å². The predicted octanol–water partition coefficient (Wildman–Crippen LogP) is 5.55. The second-order valence-corrected chi connectivity index (χ2v) is 6.35. The molecule has 0 aliphatic heterocycles. The molecule has 0 aromatic carbocycles. The van der Waals surface area contributed by atoms with Gasteiger partial charge in [0.1, 0.15) is 0 Å². The van der Waals surface area contributed by atoms with Gasteiger partial charge >= 0.3 is 0 Å². The highest BCUT2D eigenvalue weighted by Gasteiger charge is 2.12. The number of hydrogen-bond acceptors (Lipinski definition) is 1. The molecule has 0 aliphatic carbocycles. The van der Waals surface area contributed by atoms with Crippen LogP contribution in [0.25, 0.3) is 0 Å². The molecule has 0 fully saturated rings. The van der Waals surface area contributed by atoms with Crippen molar-refractivity contribution in [2.45, 2.75) is 85.2 Å². The molecule has 1 N–H and O–H groups in total. The third kappa shape index (κ3) is 6.69. The summed E-state index contributed by atoms with van der Waals surface area (Å²) in [6.45, 7) is 11.4. The maximum absolute atomic E-state index is 3.69. The van der Waals surface area contributed by atoms with Gasteiger partial charge in [-0.2, -0.15) is 0 Å². The van der Waals surface area contributed by atoms with Crippen molar-refractivity contribution in [1.82, 2.24) is 9.88 Å². The van der Waals surface area contributed by atoms with Crippen LogP contribution in [0.1, 0.15) is 84.2 Å². The maximum atomic E-state index is 3.69. The summed E-state index contributed by atoms with van der Waals surface area (Å²) in [5, 5.41) is 3.69. The van der Waals surface area contributed by atoms with Gasteiger partial charge in [0.25, 0.3) is 0 Å². The van der Waals surface area contributed by atoms with Gasteiger partial charge in [-0.25, -0.2) is 0 Å². The van der Waals surface area contributed by atoms with Crippen molar-refractivity contribution in [3.8, 4) is 0 Å². The Morgan fingerprint density at radius 2 is 1.86 bits per heavy atom. The Labute approximate surface area is 132 Å². The number of hydrogen-bond donors (Lipinski definition) is 1. The molecule has 21 heavy (non-hydrogen) atoms. The van der Waals surface area contributed by atoms with Crippen LogP contribution in [0.3, 0.4) is 0 Å². The lowest BCUT2D eigenvalue weighted by atomic mass is 9.99. The number of rotatable bonds is 12. The lowest BCUT2D eigenvalue weighted by Gasteiger charge is -2.17. The normalized spacial score (nSPS) is 14.3. The fourth-order valence-electron chi connectivity index (χ4n) is 2.99. The zero-order chi connectivity index (χ0) is 15.5. The Hall–Kier alpha value is -0.760. The van der Waals surface area contributed by atoms with Crippen LogP contribution in [-0.4, -0.2) is 11.1 Å². The zero-order valence-corrected chi connectivity index (χ0v) is 14.7. The Balaban J connectivity index is 2.60. The van der Waals surface area contributed by atoms with Crippen LogP contribution in [0.5, 0.6) is 0 Å². The van der Waals surface area contributed by atoms with Crippen molar-refractivity contribution in [2.24, 2.45) is 5.92 Å². The molecule has 1 heterocycles. The van der Waals surface area contributed by atoms with Gasteiger partial charge in [-0.15, -0.1) is 0 Å². The summed E-state index contributed by atoms with van der Waals surface area (Å²) in [4.78, 5) is 0. The van der Waals surface area contributed by atoms with E-state index >= 15 is 0 Å². The van der Waals surface area contributed by atoms with Crippen LogP contribution in [0, 0.1) is 5.92 Å². The Morgan fingerprint density at radius 1 is 1.05 bits per heavy atom. The molecule has 1 rings (SSSR count). The van der Waals surface area contributed by atoms with Gasteiger partial charge < -0.3 is 9.88 Å². The van der Waals surface area contributed by atoms with E-state index in [1.54, 1.807) is 0 Å². The van der Waals surface area contributed by atoms with E-state index in [-0.39, 0.29) is 0 Å². The smallest absolute Gasteiger partial charge is 0.0335 e. The minimum absolute atomic E-state index is 0.534. The number of aromatic nitrogens is 1. The molecule has 0 aliphatic rings. The Bertz CT molecular complexity index is 356. The number of nitrogens with one attached hydrogen (secondary N) is 1. The van der Waals surface area contributed by atoms with Gasteiger partial charge in [0.05, 0.1) is 0 Å². The standard InChI is InChI=1S/C19H36N2/c1-5-9-11-17(8-4)15-21-14-12-18(16-21)19(10-6-2)20-13-7-3/h12,14,16-17,19-20H,5-11,13,15H2,1-4H3. The summed E-state index contributed by atoms with van der Waals surface area (Å²) in [7, 11) is 0. The van der Waals surface area contributed by atoms with Crippen molar-refractivity contribution < 1.29 is 0 Å². The van der Waals surface area contributed by atoms with Crippen LogP contribution in [0.4, 0.5) is 0 Å². The van der Waals surface area contributed by atoms with Crippen LogP contribution < -0.4 is 5.32 Å². The molecular weight excluding hydrogens is 256 g/mol. The molecule has 2 unspecified atom stereocenters. The molecule has 2 nitrogen and oxygen atoms in total. The van der Waals surface area contributed by atoms with Crippen molar-refractivity contribution in [3.63, 3.8) is 0 Å². The summed E-state index contributed by atoms with van der Waals surface area (Å²) in [5.74, 6) is 0.832. The highest BCUT2D eigenvalue weighted by atomic mass is 15.0. The molecular formula is C19H36N2. The second-order valence-electron chi connectivity index (χ2n) is 6.35. The first kappa shape index (κ1) is 18.3.